The molecule has 0 bridgehead atoms. The van der Waals surface area contributed by atoms with Crippen molar-refractivity contribution in [2.45, 2.75) is 95.5 Å². The van der Waals surface area contributed by atoms with E-state index < -0.39 is 22.6 Å². The van der Waals surface area contributed by atoms with Crippen molar-refractivity contribution in [3.63, 3.8) is 0 Å². The Morgan fingerprint density at radius 3 is 1.89 bits per heavy atom. The predicted octanol–water partition coefficient (Wildman–Crippen LogP) is 2.63. The van der Waals surface area contributed by atoms with E-state index in [0.717, 1.165) is 12.8 Å². The second-order valence-corrected chi connectivity index (χ2v) is 8.30. The molecule has 9 heteroatoms. The van der Waals surface area contributed by atoms with Crippen molar-refractivity contribution >= 4 is 40.0 Å². The summed E-state index contributed by atoms with van der Waals surface area (Å²) in [5.41, 5.74) is 0. The van der Waals surface area contributed by atoms with Crippen molar-refractivity contribution in [2.75, 3.05) is 19.8 Å². The third kappa shape index (κ3) is 9.87. The molecular weight excluding hydrogens is 383 g/mol. The van der Waals surface area contributed by atoms with Crippen LogP contribution in [-0.2, 0) is 28.8 Å². The monoisotopic (exact) mass is 418 g/mol. The molecule has 7 nitrogen and oxygen atoms in total. The average Bonchev–Trinajstić information content (AvgIpc) is 3.15. The Bertz CT molecular complexity index is 488. The van der Waals surface area contributed by atoms with Crippen LogP contribution >= 0.6 is 0 Å². The summed E-state index contributed by atoms with van der Waals surface area (Å²) in [7, 11) is -4.50. The van der Waals surface area contributed by atoms with Gasteiger partial charge >= 0.3 is 40.0 Å². The van der Waals surface area contributed by atoms with Gasteiger partial charge in [-0.05, 0) is 6.42 Å². The molecule has 1 N–H and O–H groups in total. The molecule has 0 aromatic carbocycles. The molecule has 0 aromatic rings. The van der Waals surface area contributed by atoms with E-state index in [1.54, 1.807) is 0 Å². The summed E-state index contributed by atoms with van der Waals surface area (Å²) in [5.74, 6) is 0. The molecule has 27 heavy (non-hydrogen) atoms. The van der Waals surface area contributed by atoms with E-state index in [9.17, 15) is 8.42 Å². The quantitative estimate of drug-likeness (QED) is 0.263. The van der Waals surface area contributed by atoms with E-state index in [-0.39, 0.29) is 48.4 Å². The first-order valence-electron chi connectivity index (χ1n) is 10.0. The fraction of sp³-hybridized carbons (Fsp3) is 1.00. The van der Waals surface area contributed by atoms with Crippen LogP contribution in [0.5, 0.6) is 0 Å². The van der Waals surface area contributed by atoms with Crippen molar-refractivity contribution in [1.29, 1.82) is 0 Å². The van der Waals surface area contributed by atoms with Crippen molar-refractivity contribution in [1.82, 2.24) is 0 Å². The predicted molar refractivity (Wildman–Crippen MR) is 105 cm³/mol. The van der Waals surface area contributed by atoms with Gasteiger partial charge in [-0.1, -0.05) is 64.7 Å². The molecule has 2 aliphatic rings. The molecule has 4 atom stereocenters. The zero-order chi connectivity index (χ0) is 18.8. The van der Waals surface area contributed by atoms with Crippen LogP contribution in [0, 0.1) is 0 Å². The molecule has 0 unspecified atom stereocenters. The molecule has 0 amide bonds. The van der Waals surface area contributed by atoms with E-state index >= 15 is 0 Å². The first-order chi connectivity index (χ1) is 12.5. The van der Waals surface area contributed by atoms with Gasteiger partial charge in [-0.15, -0.1) is 0 Å². The van der Waals surface area contributed by atoms with Crippen LogP contribution in [0.15, 0.2) is 0 Å². The summed E-state index contributed by atoms with van der Waals surface area (Å²) < 4.78 is 52.0. The van der Waals surface area contributed by atoms with E-state index in [0.29, 0.717) is 13.2 Å². The van der Waals surface area contributed by atoms with Crippen LogP contribution in [-0.4, -0.2) is 86.8 Å². The van der Waals surface area contributed by atoms with E-state index in [1.807, 2.05) is 0 Å². The van der Waals surface area contributed by atoms with E-state index in [1.165, 1.54) is 51.4 Å². The summed E-state index contributed by atoms with van der Waals surface area (Å²) in [4.78, 5) is 0. The topological polar surface area (TPSA) is 91.3 Å². The fourth-order valence-corrected chi connectivity index (χ4v) is 4.11. The number of unbranched alkanes of at least 4 members (excludes halogenated alkanes) is 9. The maximum absolute atomic E-state index is 10.8. The zero-order valence-electron chi connectivity index (χ0n) is 15.8. The number of hydrogen-bond acceptors (Lipinski definition) is 6. The normalized spacial score (nSPS) is 27.5. The number of fused-ring (bicyclic) bond motifs is 1. The Hall–Kier alpha value is 0.750. The number of hydrogen-bond donors (Lipinski definition) is 1. The molecule has 2 heterocycles. The molecule has 2 aliphatic heterocycles. The van der Waals surface area contributed by atoms with Crippen LogP contribution in [0.3, 0.4) is 0 Å². The van der Waals surface area contributed by atoms with Gasteiger partial charge in [0.15, 0.2) is 0 Å². The van der Waals surface area contributed by atoms with Gasteiger partial charge in [0.1, 0.15) is 24.4 Å². The summed E-state index contributed by atoms with van der Waals surface area (Å²) in [6.45, 7) is 3.33. The first-order valence-corrected chi connectivity index (χ1v) is 11.4. The molecule has 0 spiro atoms. The number of ether oxygens (including phenoxy) is 3. The van der Waals surface area contributed by atoms with Crippen LogP contribution in [0.2, 0.25) is 0 Å². The number of rotatable bonds is 14. The second-order valence-electron chi connectivity index (χ2n) is 7.25. The molecule has 0 aromatic heterocycles. The third-order valence-corrected chi connectivity index (χ3v) is 5.53. The van der Waals surface area contributed by atoms with Crippen LogP contribution < -0.4 is 0 Å². The Balaban J connectivity index is 0.00000364. The average molecular weight is 419 g/mol. The summed E-state index contributed by atoms with van der Waals surface area (Å²) >= 11 is 0. The molecule has 2 fully saturated rings. The molecule has 2 rings (SSSR count). The standard InChI is InChI=1S/C18H34O7S.Na.H/c1-2-3-4-5-6-7-8-9-10-11-12-22-15-13-23-18-16(14-24-17(15)18)25-26(19,20)21;;/h15-18H,2-14H2,1H3,(H,19,20,21);;/t15-,16+,17+,18+;;/m0../s1. The zero-order valence-corrected chi connectivity index (χ0v) is 16.6. The molecule has 0 saturated carbocycles. The van der Waals surface area contributed by atoms with Crippen LogP contribution in [0.25, 0.3) is 0 Å². The fourth-order valence-electron chi connectivity index (χ4n) is 3.63. The Labute approximate surface area is 186 Å². The van der Waals surface area contributed by atoms with E-state index in [4.69, 9.17) is 18.8 Å². The molecule has 0 radical (unpaired) electrons. The minimum atomic E-state index is -4.50. The minimum absolute atomic E-state index is 0. The van der Waals surface area contributed by atoms with Crippen molar-refractivity contribution < 1.29 is 31.4 Å². The van der Waals surface area contributed by atoms with E-state index in [2.05, 4.69) is 11.1 Å². The third-order valence-electron chi connectivity index (χ3n) is 5.04. The SMILES string of the molecule is CCCCCCCCCCCCO[C@H]1CO[C@H]2[C@@H]1OC[C@H]2OS(=O)(=O)O.[NaH]. The van der Waals surface area contributed by atoms with Gasteiger partial charge in [0.05, 0.1) is 13.2 Å². The summed E-state index contributed by atoms with van der Waals surface area (Å²) in [6, 6.07) is 0. The van der Waals surface area contributed by atoms with Gasteiger partial charge in [-0.25, -0.2) is 4.18 Å². The van der Waals surface area contributed by atoms with Gasteiger partial charge in [-0.3, -0.25) is 4.55 Å². The Morgan fingerprint density at radius 2 is 1.33 bits per heavy atom. The van der Waals surface area contributed by atoms with Crippen LogP contribution in [0.4, 0.5) is 0 Å². The second kappa shape index (κ2) is 13.9. The summed E-state index contributed by atoms with van der Waals surface area (Å²) in [5, 5.41) is 0. The molecular formula is C18H35NaO7S. The van der Waals surface area contributed by atoms with Gasteiger partial charge < -0.3 is 14.2 Å². The van der Waals surface area contributed by atoms with Crippen molar-refractivity contribution in [3.8, 4) is 0 Å². The van der Waals surface area contributed by atoms with Gasteiger partial charge in [0.2, 0.25) is 0 Å². The van der Waals surface area contributed by atoms with Gasteiger partial charge in [0.25, 0.3) is 0 Å². The molecule has 2 saturated heterocycles. The Kier molecular flexibility index (Phi) is 13.3. The van der Waals surface area contributed by atoms with Gasteiger partial charge in [0, 0.05) is 6.61 Å². The van der Waals surface area contributed by atoms with Crippen LogP contribution in [0.1, 0.15) is 71.1 Å². The molecule has 156 valence electrons. The Morgan fingerprint density at radius 1 is 0.852 bits per heavy atom. The van der Waals surface area contributed by atoms with Crippen molar-refractivity contribution in [3.05, 3.63) is 0 Å². The molecule has 0 aliphatic carbocycles. The van der Waals surface area contributed by atoms with Crippen molar-refractivity contribution in [2.24, 2.45) is 0 Å². The first kappa shape index (κ1) is 25.8. The summed E-state index contributed by atoms with van der Waals surface area (Å²) in [6.07, 6.45) is 10.9. The maximum atomic E-state index is 10.8. The van der Waals surface area contributed by atoms with Gasteiger partial charge in [-0.2, -0.15) is 8.42 Å².